The highest BCUT2D eigenvalue weighted by Gasteiger charge is 2.27. The quantitative estimate of drug-likeness (QED) is 0.376. The lowest BCUT2D eigenvalue weighted by atomic mass is 9.87. The number of hydrogen-bond donors (Lipinski definition) is 2. The van der Waals surface area contributed by atoms with Crippen LogP contribution in [0.5, 0.6) is 0 Å². The first-order chi connectivity index (χ1) is 15.6. The van der Waals surface area contributed by atoms with Gasteiger partial charge in [0.15, 0.2) is 5.82 Å². The van der Waals surface area contributed by atoms with Crippen LogP contribution in [0.25, 0.3) is 0 Å². The summed E-state index contributed by atoms with van der Waals surface area (Å²) in [6.45, 7) is 2.54. The number of carbonyl (C=O) groups excluding carboxylic acids is 1. The molecule has 182 valence electrons. The van der Waals surface area contributed by atoms with Gasteiger partial charge >= 0.3 is 0 Å². The summed E-state index contributed by atoms with van der Waals surface area (Å²) >= 11 is 0. The number of benzene rings is 1. The summed E-state index contributed by atoms with van der Waals surface area (Å²) in [5.41, 5.74) is 1.20. The number of anilines is 1. The third kappa shape index (κ3) is 7.58. The van der Waals surface area contributed by atoms with Crippen LogP contribution in [-0.4, -0.2) is 48.8 Å². The van der Waals surface area contributed by atoms with Crippen molar-refractivity contribution in [3.05, 3.63) is 47.4 Å². The van der Waals surface area contributed by atoms with E-state index in [1.54, 1.807) is 17.1 Å². The molecular weight excluding hydrogens is 454 g/mol. The Kier molecular flexibility index (Phi) is 8.55. The fourth-order valence-corrected chi connectivity index (χ4v) is 4.43. The van der Waals surface area contributed by atoms with Crippen molar-refractivity contribution in [3.63, 3.8) is 0 Å². The molecule has 33 heavy (non-hydrogen) atoms. The van der Waals surface area contributed by atoms with Crippen molar-refractivity contribution in [1.82, 2.24) is 14.9 Å². The van der Waals surface area contributed by atoms with E-state index in [2.05, 4.69) is 15.6 Å². The van der Waals surface area contributed by atoms with Gasteiger partial charge in [-0.25, -0.2) is 13.8 Å². The van der Waals surface area contributed by atoms with Crippen LogP contribution in [0, 0.1) is 11.6 Å². The molecule has 1 heterocycles. The van der Waals surface area contributed by atoms with Crippen LogP contribution in [0.1, 0.15) is 43.7 Å². The third-order valence-corrected chi connectivity index (χ3v) is 6.13. The van der Waals surface area contributed by atoms with Gasteiger partial charge in [0.25, 0.3) is 10.1 Å². The largest absolute Gasteiger partial charge is 0.335 e. The fraction of sp³-hybridized carbons (Fsp3) is 0.545. The van der Waals surface area contributed by atoms with E-state index in [-0.39, 0.29) is 18.6 Å². The van der Waals surface area contributed by atoms with E-state index in [1.807, 2.05) is 6.92 Å². The normalized spacial score (nSPS) is 16.9. The summed E-state index contributed by atoms with van der Waals surface area (Å²) in [5.74, 6) is -0.945. The highest BCUT2D eigenvalue weighted by molar-refractivity contribution is 7.85. The molecule has 1 aromatic heterocycles. The Bertz CT molecular complexity index is 1070. The molecule has 0 radical (unpaired) electrons. The van der Waals surface area contributed by atoms with E-state index < -0.39 is 27.8 Å². The van der Waals surface area contributed by atoms with Crippen molar-refractivity contribution in [1.29, 1.82) is 0 Å². The van der Waals surface area contributed by atoms with E-state index in [0.717, 1.165) is 18.7 Å². The van der Waals surface area contributed by atoms with Gasteiger partial charge in [-0.2, -0.15) is 8.42 Å². The Balaban J connectivity index is 1.55. The monoisotopic (exact) mass is 484 g/mol. The second kappa shape index (κ2) is 11.2. The van der Waals surface area contributed by atoms with E-state index in [9.17, 15) is 22.0 Å². The number of nitrogens with zero attached hydrogens (tertiary/aromatic N) is 2. The molecular formula is C22H30F2N4O4S. The van der Waals surface area contributed by atoms with Crippen molar-refractivity contribution in [2.75, 3.05) is 18.2 Å². The molecule has 0 bridgehead atoms. The maximum atomic E-state index is 14.2. The first-order valence-corrected chi connectivity index (χ1v) is 12.9. The van der Waals surface area contributed by atoms with Crippen molar-refractivity contribution >= 4 is 21.8 Å². The zero-order valence-corrected chi connectivity index (χ0v) is 19.6. The van der Waals surface area contributed by atoms with E-state index >= 15 is 0 Å². The Morgan fingerprint density at radius 2 is 2.15 bits per heavy atom. The first kappa shape index (κ1) is 25.3. The minimum absolute atomic E-state index is 0.0684. The van der Waals surface area contributed by atoms with Gasteiger partial charge in [-0.1, -0.05) is 13.3 Å². The van der Waals surface area contributed by atoms with Crippen LogP contribution >= 0.6 is 0 Å². The molecule has 1 amide bonds. The van der Waals surface area contributed by atoms with E-state index in [0.29, 0.717) is 55.6 Å². The van der Waals surface area contributed by atoms with Gasteiger partial charge in [-0.15, -0.1) is 0 Å². The second-order valence-corrected chi connectivity index (χ2v) is 9.98. The molecule has 1 aliphatic carbocycles. The van der Waals surface area contributed by atoms with Crippen molar-refractivity contribution in [2.45, 2.75) is 64.1 Å². The molecule has 8 nitrogen and oxygen atoms in total. The number of hydrogen-bond acceptors (Lipinski definition) is 6. The van der Waals surface area contributed by atoms with Gasteiger partial charge in [-0.05, 0) is 49.3 Å². The number of rotatable bonds is 11. The van der Waals surface area contributed by atoms with Crippen LogP contribution in [0.4, 0.5) is 14.6 Å². The summed E-state index contributed by atoms with van der Waals surface area (Å²) in [5, 5.41) is 6.15. The molecule has 2 unspecified atom stereocenters. The molecule has 3 rings (SSSR count). The highest BCUT2D eigenvalue weighted by atomic mass is 32.2. The molecule has 2 atom stereocenters. The third-order valence-electron chi connectivity index (χ3n) is 5.54. The second-order valence-electron chi connectivity index (χ2n) is 8.34. The number of aromatic nitrogens is 2. The smallest absolute Gasteiger partial charge is 0.264 e. The van der Waals surface area contributed by atoms with Gasteiger partial charge in [0.2, 0.25) is 5.91 Å². The predicted molar refractivity (Wildman–Crippen MR) is 120 cm³/mol. The van der Waals surface area contributed by atoms with E-state index in [1.165, 1.54) is 6.07 Å². The maximum Gasteiger partial charge on any atom is 0.264 e. The summed E-state index contributed by atoms with van der Waals surface area (Å²) < 4.78 is 56.1. The standard InChI is InChI=1S/C22H30F2N4O4S/c1-3-5-20(26-17-7-6-15-10-16(23)11-19(24)18(15)12-17)22(29)27-21-13-28(14-25-21)8-4-9-32-33(2,30)31/h10-11,13-14,17,20,26H,3-9,12H2,1-2H3,(H,27,29). The van der Waals surface area contributed by atoms with Crippen molar-refractivity contribution < 1.29 is 26.2 Å². The number of imidazole rings is 1. The lowest BCUT2D eigenvalue weighted by Gasteiger charge is -2.29. The Labute approximate surface area is 192 Å². The minimum atomic E-state index is -3.46. The minimum Gasteiger partial charge on any atom is -0.335 e. The summed E-state index contributed by atoms with van der Waals surface area (Å²) in [7, 11) is -3.46. The first-order valence-electron chi connectivity index (χ1n) is 11.0. The molecule has 0 aliphatic heterocycles. The number of fused-ring (bicyclic) bond motifs is 1. The predicted octanol–water partition coefficient (Wildman–Crippen LogP) is 2.78. The van der Waals surface area contributed by atoms with Crippen LogP contribution < -0.4 is 10.6 Å². The van der Waals surface area contributed by atoms with Gasteiger partial charge in [-0.3, -0.25) is 8.98 Å². The molecule has 0 fully saturated rings. The summed E-state index contributed by atoms with van der Waals surface area (Å²) in [6.07, 6.45) is 7.72. The number of aryl methyl sites for hydroxylation is 2. The molecule has 2 aromatic rings. The fourth-order valence-electron chi connectivity index (χ4n) is 4.01. The number of amides is 1. The van der Waals surface area contributed by atoms with E-state index in [4.69, 9.17) is 4.18 Å². The molecule has 0 saturated carbocycles. The number of nitrogens with one attached hydrogen (secondary N) is 2. The highest BCUT2D eigenvalue weighted by Crippen LogP contribution is 2.25. The van der Waals surface area contributed by atoms with Gasteiger partial charge in [0.05, 0.1) is 25.2 Å². The summed E-state index contributed by atoms with van der Waals surface area (Å²) in [6, 6.07) is 1.72. The molecule has 0 spiro atoms. The topological polar surface area (TPSA) is 102 Å². The van der Waals surface area contributed by atoms with Crippen LogP contribution in [-0.2, 0) is 38.5 Å². The van der Waals surface area contributed by atoms with Crippen LogP contribution in [0.3, 0.4) is 0 Å². The Morgan fingerprint density at radius 1 is 1.36 bits per heavy atom. The lowest BCUT2D eigenvalue weighted by molar-refractivity contribution is -0.118. The molecule has 2 N–H and O–H groups in total. The average molecular weight is 485 g/mol. The van der Waals surface area contributed by atoms with Crippen LogP contribution in [0.2, 0.25) is 0 Å². The number of halogens is 2. The average Bonchev–Trinajstić information content (AvgIpc) is 3.17. The van der Waals surface area contributed by atoms with Gasteiger partial charge in [0.1, 0.15) is 11.6 Å². The molecule has 1 aliphatic rings. The van der Waals surface area contributed by atoms with Crippen LogP contribution in [0.15, 0.2) is 24.7 Å². The van der Waals surface area contributed by atoms with Gasteiger partial charge in [0, 0.05) is 24.8 Å². The molecule has 1 aromatic carbocycles. The Hall–Kier alpha value is -2.37. The zero-order chi connectivity index (χ0) is 24.0. The lowest BCUT2D eigenvalue weighted by Crippen LogP contribution is -2.48. The van der Waals surface area contributed by atoms with Crippen molar-refractivity contribution in [3.8, 4) is 0 Å². The number of carbonyl (C=O) groups is 1. The SMILES string of the molecule is CCCC(NC1CCc2cc(F)cc(F)c2C1)C(=O)Nc1cn(CCCOS(C)(=O)=O)cn1. The van der Waals surface area contributed by atoms with Crippen molar-refractivity contribution in [2.24, 2.45) is 0 Å². The van der Waals surface area contributed by atoms with Gasteiger partial charge < -0.3 is 15.2 Å². The Morgan fingerprint density at radius 3 is 2.88 bits per heavy atom. The zero-order valence-electron chi connectivity index (χ0n) is 18.8. The summed E-state index contributed by atoms with van der Waals surface area (Å²) in [4.78, 5) is 17.1. The molecule has 11 heteroatoms. The molecule has 0 saturated heterocycles. The maximum absolute atomic E-state index is 14.2.